The first-order valence-electron chi connectivity index (χ1n) is 6.48. The van der Waals surface area contributed by atoms with Gasteiger partial charge in [-0.2, -0.15) is 0 Å². The van der Waals surface area contributed by atoms with E-state index < -0.39 is 0 Å². The average Bonchev–Trinajstić information content (AvgIpc) is 2.36. The third kappa shape index (κ3) is 3.18. The molecule has 1 saturated heterocycles. The van der Waals surface area contributed by atoms with Crippen molar-refractivity contribution < 1.29 is 0 Å². The lowest BCUT2D eigenvalue weighted by atomic mass is 9.93. The van der Waals surface area contributed by atoms with Crippen LogP contribution in [0.4, 0.5) is 0 Å². The van der Waals surface area contributed by atoms with Crippen molar-refractivity contribution in [2.45, 2.75) is 32.4 Å². The van der Waals surface area contributed by atoms with Crippen molar-refractivity contribution in [1.29, 1.82) is 0 Å². The number of nitrogens with two attached hydrogens (primary N) is 1. The molecule has 0 bridgehead atoms. The molecule has 2 atom stereocenters. The maximum Gasteiger partial charge on any atom is 0.0465 e. The molecule has 2 N–H and O–H groups in total. The summed E-state index contributed by atoms with van der Waals surface area (Å²) in [6.45, 7) is 4.88. The minimum Gasteiger partial charge on any atom is -0.330 e. The van der Waals surface area contributed by atoms with E-state index in [1.54, 1.807) is 0 Å². The van der Waals surface area contributed by atoms with Crippen molar-refractivity contribution in [1.82, 2.24) is 4.90 Å². The molecule has 0 amide bonds. The summed E-state index contributed by atoms with van der Waals surface area (Å²) in [7, 11) is 0. The Kier molecular flexibility index (Phi) is 4.91. The van der Waals surface area contributed by atoms with Crippen LogP contribution in [0.1, 0.15) is 25.3 Å². The van der Waals surface area contributed by atoms with Crippen molar-refractivity contribution in [3.63, 3.8) is 0 Å². The van der Waals surface area contributed by atoms with Gasteiger partial charge in [0.25, 0.3) is 0 Å². The highest BCUT2D eigenvalue weighted by atomic mass is 35.5. The SMILES string of the molecule is CC1CCC(CN)CN1Cc1c(Cl)cccc1Cl. The molecule has 1 aromatic carbocycles. The summed E-state index contributed by atoms with van der Waals surface area (Å²) >= 11 is 12.5. The van der Waals surface area contributed by atoms with E-state index in [0.717, 1.165) is 35.2 Å². The van der Waals surface area contributed by atoms with Gasteiger partial charge in [-0.3, -0.25) is 4.90 Å². The lowest BCUT2D eigenvalue weighted by Gasteiger charge is -2.38. The van der Waals surface area contributed by atoms with Crippen LogP contribution in [0.15, 0.2) is 18.2 Å². The maximum absolute atomic E-state index is 6.23. The Hall–Kier alpha value is -0.280. The van der Waals surface area contributed by atoms with Gasteiger partial charge in [0, 0.05) is 34.7 Å². The van der Waals surface area contributed by atoms with Gasteiger partial charge in [-0.25, -0.2) is 0 Å². The van der Waals surface area contributed by atoms with Crippen molar-refractivity contribution in [2.75, 3.05) is 13.1 Å². The van der Waals surface area contributed by atoms with Crippen LogP contribution in [0.25, 0.3) is 0 Å². The molecule has 2 rings (SSSR count). The van der Waals surface area contributed by atoms with Crippen LogP contribution in [0, 0.1) is 5.92 Å². The Morgan fingerprint density at radius 2 is 1.94 bits per heavy atom. The number of nitrogens with zero attached hydrogens (tertiary/aromatic N) is 1. The first kappa shape index (κ1) is 14.1. The van der Waals surface area contributed by atoms with Gasteiger partial charge in [-0.15, -0.1) is 0 Å². The fraction of sp³-hybridized carbons (Fsp3) is 0.571. The van der Waals surface area contributed by atoms with E-state index in [1.807, 2.05) is 18.2 Å². The van der Waals surface area contributed by atoms with E-state index in [1.165, 1.54) is 12.8 Å². The van der Waals surface area contributed by atoms with Crippen molar-refractivity contribution in [3.05, 3.63) is 33.8 Å². The first-order valence-corrected chi connectivity index (χ1v) is 7.24. The normalized spacial score (nSPS) is 25.3. The quantitative estimate of drug-likeness (QED) is 0.921. The fourth-order valence-electron chi connectivity index (χ4n) is 2.56. The summed E-state index contributed by atoms with van der Waals surface area (Å²) in [4.78, 5) is 2.44. The second-order valence-corrected chi connectivity index (χ2v) is 5.97. The average molecular weight is 287 g/mol. The smallest absolute Gasteiger partial charge is 0.0465 e. The van der Waals surface area contributed by atoms with Crippen molar-refractivity contribution >= 4 is 23.2 Å². The molecule has 4 heteroatoms. The van der Waals surface area contributed by atoms with Gasteiger partial charge in [0.05, 0.1) is 0 Å². The molecule has 1 heterocycles. The zero-order valence-electron chi connectivity index (χ0n) is 10.7. The molecule has 1 aromatic rings. The molecule has 0 saturated carbocycles. The fourth-order valence-corrected chi connectivity index (χ4v) is 3.08. The Bertz CT molecular complexity index is 389. The summed E-state index contributed by atoms with van der Waals surface area (Å²) in [5.74, 6) is 0.600. The van der Waals surface area contributed by atoms with Crippen molar-refractivity contribution in [2.24, 2.45) is 11.7 Å². The van der Waals surface area contributed by atoms with Gasteiger partial charge in [0.1, 0.15) is 0 Å². The summed E-state index contributed by atoms with van der Waals surface area (Å²) in [5, 5.41) is 1.51. The van der Waals surface area contributed by atoms with Crippen LogP contribution in [0.5, 0.6) is 0 Å². The molecule has 0 aromatic heterocycles. The van der Waals surface area contributed by atoms with E-state index in [4.69, 9.17) is 28.9 Å². The largest absolute Gasteiger partial charge is 0.330 e. The van der Waals surface area contributed by atoms with Gasteiger partial charge in [-0.1, -0.05) is 29.3 Å². The number of piperidine rings is 1. The van der Waals surface area contributed by atoms with Gasteiger partial charge >= 0.3 is 0 Å². The Balaban J connectivity index is 2.12. The highest BCUT2D eigenvalue weighted by Crippen LogP contribution is 2.29. The number of halogens is 2. The van der Waals surface area contributed by atoms with Crippen LogP contribution < -0.4 is 5.73 Å². The maximum atomic E-state index is 6.23. The first-order chi connectivity index (χ1) is 8.61. The second kappa shape index (κ2) is 6.25. The minimum atomic E-state index is 0.570. The molecule has 2 nitrogen and oxygen atoms in total. The van der Waals surface area contributed by atoms with E-state index in [0.29, 0.717) is 12.0 Å². The van der Waals surface area contributed by atoms with E-state index in [-0.39, 0.29) is 0 Å². The number of hydrogen-bond acceptors (Lipinski definition) is 2. The van der Waals surface area contributed by atoms with Crippen molar-refractivity contribution in [3.8, 4) is 0 Å². The molecular weight excluding hydrogens is 267 g/mol. The molecule has 1 aliphatic rings. The monoisotopic (exact) mass is 286 g/mol. The highest BCUT2D eigenvalue weighted by molar-refractivity contribution is 6.35. The van der Waals surface area contributed by atoms with E-state index >= 15 is 0 Å². The molecule has 0 aliphatic carbocycles. The van der Waals surface area contributed by atoms with E-state index in [9.17, 15) is 0 Å². The molecule has 2 unspecified atom stereocenters. The molecule has 0 spiro atoms. The number of benzene rings is 1. The Morgan fingerprint density at radius 3 is 2.56 bits per heavy atom. The summed E-state index contributed by atoms with van der Waals surface area (Å²) in [6.07, 6.45) is 2.42. The predicted octanol–water partition coefficient (Wildman–Crippen LogP) is 3.55. The highest BCUT2D eigenvalue weighted by Gasteiger charge is 2.25. The van der Waals surface area contributed by atoms with Crippen LogP contribution in [0.3, 0.4) is 0 Å². The van der Waals surface area contributed by atoms with Gasteiger partial charge in [0.15, 0.2) is 0 Å². The summed E-state index contributed by atoms with van der Waals surface area (Å²) < 4.78 is 0. The number of hydrogen-bond donors (Lipinski definition) is 1. The molecule has 1 fully saturated rings. The predicted molar refractivity (Wildman–Crippen MR) is 78.1 cm³/mol. The Morgan fingerprint density at radius 1 is 1.28 bits per heavy atom. The third-order valence-electron chi connectivity index (χ3n) is 3.86. The summed E-state index contributed by atoms with van der Waals surface area (Å²) in [5.41, 5.74) is 6.82. The van der Waals surface area contributed by atoms with Crippen LogP contribution in [-0.2, 0) is 6.54 Å². The van der Waals surface area contributed by atoms with Crippen LogP contribution >= 0.6 is 23.2 Å². The van der Waals surface area contributed by atoms with Gasteiger partial charge in [0.2, 0.25) is 0 Å². The lowest BCUT2D eigenvalue weighted by molar-refractivity contribution is 0.113. The standard InChI is InChI=1S/C14H20Cl2N2/c1-10-5-6-11(7-17)8-18(10)9-12-13(15)3-2-4-14(12)16/h2-4,10-11H,5-9,17H2,1H3. The molecule has 100 valence electrons. The number of likely N-dealkylation sites (tertiary alicyclic amines) is 1. The van der Waals surface area contributed by atoms with Gasteiger partial charge in [-0.05, 0) is 44.4 Å². The molecule has 1 aliphatic heterocycles. The van der Waals surface area contributed by atoms with E-state index in [2.05, 4.69) is 11.8 Å². The molecular formula is C14H20Cl2N2. The molecule has 0 radical (unpaired) electrons. The molecule has 18 heavy (non-hydrogen) atoms. The number of rotatable bonds is 3. The zero-order chi connectivity index (χ0) is 13.1. The summed E-state index contributed by atoms with van der Waals surface area (Å²) in [6, 6.07) is 6.26. The second-order valence-electron chi connectivity index (χ2n) is 5.16. The van der Waals surface area contributed by atoms with Gasteiger partial charge < -0.3 is 5.73 Å². The van der Waals surface area contributed by atoms with Crippen LogP contribution in [-0.4, -0.2) is 24.0 Å². The van der Waals surface area contributed by atoms with Crippen LogP contribution in [0.2, 0.25) is 10.0 Å². The zero-order valence-corrected chi connectivity index (χ0v) is 12.2. The third-order valence-corrected chi connectivity index (χ3v) is 4.57. The topological polar surface area (TPSA) is 29.3 Å². The lowest BCUT2D eigenvalue weighted by Crippen LogP contribution is -2.43. The Labute approximate surface area is 119 Å². The minimum absolute atomic E-state index is 0.570.